The van der Waals surface area contributed by atoms with Gasteiger partial charge in [-0.05, 0) is 37.0 Å². The van der Waals surface area contributed by atoms with Gasteiger partial charge in [-0.3, -0.25) is 4.79 Å². The third-order valence-electron chi connectivity index (χ3n) is 4.19. The van der Waals surface area contributed by atoms with Crippen molar-refractivity contribution in [1.82, 2.24) is 10.6 Å². The van der Waals surface area contributed by atoms with E-state index in [-0.39, 0.29) is 11.8 Å². The fourth-order valence-corrected chi connectivity index (χ4v) is 3.13. The van der Waals surface area contributed by atoms with E-state index in [4.69, 9.17) is 5.26 Å². The Kier molecular flexibility index (Phi) is 3.22. The summed E-state index contributed by atoms with van der Waals surface area (Å²) in [5.41, 5.74) is 1.68. The summed E-state index contributed by atoms with van der Waals surface area (Å²) in [5, 5.41) is 15.2. The number of amides is 1. The molecule has 0 radical (unpaired) electrons. The van der Waals surface area contributed by atoms with Crippen LogP contribution in [0.15, 0.2) is 24.3 Å². The van der Waals surface area contributed by atoms with E-state index in [9.17, 15) is 4.79 Å². The minimum absolute atomic E-state index is 0.136. The molecule has 2 bridgehead atoms. The normalized spacial score (nSPS) is 28.1. The first-order valence-electron chi connectivity index (χ1n) is 6.79. The molecule has 1 amide bonds. The van der Waals surface area contributed by atoms with Gasteiger partial charge in [-0.15, -0.1) is 0 Å². The number of hydrogen-bond donors (Lipinski definition) is 2. The summed E-state index contributed by atoms with van der Waals surface area (Å²) in [4.78, 5) is 12.1. The minimum atomic E-state index is 0.136. The molecule has 1 aromatic rings. The van der Waals surface area contributed by atoms with Gasteiger partial charge in [-0.25, -0.2) is 0 Å². The highest BCUT2D eigenvalue weighted by Gasteiger charge is 2.42. The molecule has 0 aliphatic carbocycles. The van der Waals surface area contributed by atoms with Gasteiger partial charge >= 0.3 is 0 Å². The Morgan fingerprint density at radius 3 is 2.74 bits per heavy atom. The smallest absolute Gasteiger partial charge is 0.225 e. The minimum Gasteiger partial charge on any atom is -0.352 e. The average molecular weight is 255 g/mol. The van der Waals surface area contributed by atoms with E-state index in [0.717, 1.165) is 18.4 Å². The van der Waals surface area contributed by atoms with Gasteiger partial charge in [0.05, 0.1) is 17.6 Å². The Hall–Kier alpha value is -1.86. The summed E-state index contributed by atoms with van der Waals surface area (Å²) in [5.74, 6) is 0.293. The molecule has 2 aliphatic heterocycles. The molecule has 3 unspecified atom stereocenters. The predicted molar refractivity (Wildman–Crippen MR) is 71.1 cm³/mol. The number of nitrogens with one attached hydrogen (secondary N) is 2. The van der Waals surface area contributed by atoms with Crippen LogP contribution in [-0.2, 0) is 11.3 Å². The quantitative estimate of drug-likeness (QED) is 0.856. The number of fused-ring (bicyclic) bond motifs is 2. The molecule has 4 nitrogen and oxygen atoms in total. The van der Waals surface area contributed by atoms with Gasteiger partial charge in [0.25, 0.3) is 0 Å². The van der Waals surface area contributed by atoms with E-state index in [1.807, 2.05) is 12.1 Å². The predicted octanol–water partition coefficient (Wildman–Crippen LogP) is 1.31. The van der Waals surface area contributed by atoms with Gasteiger partial charge in [-0.1, -0.05) is 12.1 Å². The van der Waals surface area contributed by atoms with Crippen molar-refractivity contribution in [1.29, 1.82) is 5.26 Å². The number of benzene rings is 1. The molecule has 2 heterocycles. The number of carbonyl (C=O) groups is 1. The Morgan fingerprint density at radius 2 is 2.16 bits per heavy atom. The number of nitrogens with zero attached hydrogens (tertiary/aromatic N) is 1. The lowest BCUT2D eigenvalue weighted by Gasteiger charge is -2.19. The molecule has 0 spiro atoms. The molecule has 2 aliphatic rings. The zero-order chi connectivity index (χ0) is 13.2. The van der Waals surface area contributed by atoms with E-state index in [1.165, 1.54) is 6.42 Å². The highest BCUT2D eigenvalue weighted by molar-refractivity contribution is 5.80. The molecule has 4 heteroatoms. The summed E-state index contributed by atoms with van der Waals surface area (Å²) < 4.78 is 0. The van der Waals surface area contributed by atoms with E-state index in [0.29, 0.717) is 24.2 Å². The molecule has 1 aromatic carbocycles. The van der Waals surface area contributed by atoms with Crippen LogP contribution in [0.1, 0.15) is 30.4 Å². The summed E-state index contributed by atoms with van der Waals surface area (Å²) in [7, 11) is 0. The molecule has 98 valence electrons. The van der Waals surface area contributed by atoms with Crippen LogP contribution in [-0.4, -0.2) is 18.0 Å². The van der Waals surface area contributed by atoms with Gasteiger partial charge in [0, 0.05) is 18.6 Å². The fraction of sp³-hybridized carbons (Fsp3) is 0.467. The monoisotopic (exact) mass is 255 g/mol. The second-order valence-corrected chi connectivity index (χ2v) is 5.42. The second kappa shape index (κ2) is 5.02. The maximum absolute atomic E-state index is 12.1. The molecule has 19 heavy (non-hydrogen) atoms. The number of nitriles is 1. The second-order valence-electron chi connectivity index (χ2n) is 5.42. The Balaban J connectivity index is 1.54. The van der Waals surface area contributed by atoms with Crippen molar-refractivity contribution in [3.8, 4) is 6.07 Å². The first-order chi connectivity index (χ1) is 9.26. The molecule has 3 rings (SSSR count). The largest absolute Gasteiger partial charge is 0.352 e. The zero-order valence-electron chi connectivity index (χ0n) is 10.7. The average Bonchev–Trinajstić information content (AvgIpc) is 3.08. The van der Waals surface area contributed by atoms with Crippen LogP contribution >= 0.6 is 0 Å². The number of hydrogen-bond acceptors (Lipinski definition) is 3. The summed E-state index contributed by atoms with van der Waals surface area (Å²) in [6.07, 6.45) is 3.31. The maximum atomic E-state index is 12.1. The molecule has 2 N–H and O–H groups in total. The van der Waals surface area contributed by atoms with Crippen LogP contribution in [0.25, 0.3) is 0 Å². The van der Waals surface area contributed by atoms with Crippen LogP contribution in [0.3, 0.4) is 0 Å². The van der Waals surface area contributed by atoms with Crippen molar-refractivity contribution >= 4 is 5.91 Å². The van der Waals surface area contributed by atoms with Crippen LogP contribution in [0, 0.1) is 17.2 Å². The summed E-state index contributed by atoms with van der Waals surface area (Å²) in [6, 6.07) is 10.3. The lowest BCUT2D eigenvalue weighted by molar-refractivity contribution is -0.125. The zero-order valence-corrected chi connectivity index (χ0v) is 10.7. The van der Waals surface area contributed by atoms with E-state index in [2.05, 4.69) is 16.7 Å². The molecule has 2 fully saturated rings. The molecule has 0 saturated carbocycles. The maximum Gasteiger partial charge on any atom is 0.225 e. The van der Waals surface area contributed by atoms with Gasteiger partial charge in [0.2, 0.25) is 5.91 Å². The topological polar surface area (TPSA) is 64.9 Å². The van der Waals surface area contributed by atoms with Gasteiger partial charge in [0.15, 0.2) is 0 Å². The molecular weight excluding hydrogens is 238 g/mol. The SMILES string of the molecule is N#Cc1ccc(CNC(=O)C2CC3CCC2N3)cc1. The van der Waals surface area contributed by atoms with Crippen molar-refractivity contribution in [2.24, 2.45) is 5.92 Å². The van der Waals surface area contributed by atoms with Gasteiger partial charge in [0.1, 0.15) is 0 Å². The van der Waals surface area contributed by atoms with Crippen LogP contribution in [0.5, 0.6) is 0 Å². The van der Waals surface area contributed by atoms with Crippen molar-refractivity contribution in [2.45, 2.75) is 37.9 Å². The first-order valence-corrected chi connectivity index (χ1v) is 6.79. The summed E-state index contributed by atoms with van der Waals surface area (Å²) in [6.45, 7) is 0.540. The lowest BCUT2D eigenvalue weighted by Crippen LogP contribution is -2.37. The summed E-state index contributed by atoms with van der Waals surface area (Å²) >= 11 is 0. The number of rotatable bonds is 3. The lowest BCUT2D eigenvalue weighted by atomic mass is 9.88. The Bertz CT molecular complexity index is 517. The van der Waals surface area contributed by atoms with Gasteiger partial charge in [-0.2, -0.15) is 5.26 Å². The van der Waals surface area contributed by atoms with Crippen molar-refractivity contribution in [2.75, 3.05) is 0 Å². The molecule has 2 saturated heterocycles. The Morgan fingerprint density at radius 1 is 1.37 bits per heavy atom. The first kappa shape index (κ1) is 12.2. The van der Waals surface area contributed by atoms with E-state index >= 15 is 0 Å². The Labute approximate surface area is 112 Å². The van der Waals surface area contributed by atoms with Crippen LogP contribution in [0.2, 0.25) is 0 Å². The molecular formula is C15H17N3O. The van der Waals surface area contributed by atoms with E-state index in [1.54, 1.807) is 12.1 Å². The van der Waals surface area contributed by atoms with E-state index < -0.39 is 0 Å². The van der Waals surface area contributed by atoms with Crippen molar-refractivity contribution in [3.05, 3.63) is 35.4 Å². The van der Waals surface area contributed by atoms with Gasteiger partial charge < -0.3 is 10.6 Å². The van der Waals surface area contributed by atoms with Crippen molar-refractivity contribution in [3.63, 3.8) is 0 Å². The van der Waals surface area contributed by atoms with Crippen LogP contribution in [0.4, 0.5) is 0 Å². The van der Waals surface area contributed by atoms with Crippen molar-refractivity contribution < 1.29 is 4.79 Å². The highest BCUT2D eigenvalue weighted by Crippen LogP contribution is 2.33. The highest BCUT2D eigenvalue weighted by atomic mass is 16.1. The molecule has 0 aromatic heterocycles. The number of carbonyl (C=O) groups excluding carboxylic acids is 1. The standard InChI is InChI=1S/C15H17N3O/c16-8-10-1-3-11(4-2-10)9-17-15(19)13-7-12-5-6-14(13)18-12/h1-4,12-14,18H,5-7,9H2,(H,17,19). The third kappa shape index (κ3) is 2.47. The molecule has 3 atom stereocenters. The fourth-order valence-electron chi connectivity index (χ4n) is 3.13. The third-order valence-corrected chi connectivity index (χ3v) is 4.19. The van der Waals surface area contributed by atoms with Crippen LogP contribution < -0.4 is 10.6 Å².